The molecular weight excluding hydrogens is 198 g/mol. The van der Waals surface area contributed by atoms with Crippen LogP contribution in [0.25, 0.3) is 0 Å². The summed E-state index contributed by atoms with van der Waals surface area (Å²) < 4.78 is 9.34. The second-order valence-electron chi connectivity index (χ2n) is 3.41. The zero-order valence-corrected chi connectivity index (χ0v) is 8.92. The third kappa shape index (κ3) is 2.43. The molecule has 1 aliphatic heterocycles. The van der Waals surface area contributed by atoms with Crippen molar-refractivity contribution in [3.05, 3.63) is 11.1 Å². The van der Waals surface area contributed by atoms with Crippen molar-refractivity contribution in [3.8, 4) is 0 Å². The molecule has 1 aliphatic rings. The molecule has 1 fully saturated rings. The average Bonchev–Trinajstić information content (AvgIpc) is 2.63. The lowest BCUT2D eigenvalue weighted by Crippen LogP contribution is -2.37. The lowest BCUT2D eigenvalue weighted by molar-refractivity contribution is 0.0385. The van der Waals surface area contributed by atoms with Crippen LogP contribution < -0.4 is 5.73 Å². The van der Waals surface area contributed by atoms with E-state index >= 15 is 0 Å². The molecule has 0 radical (unpaired) electrons. The molecule has 2 rings (SSSR count). The summed E-state index contributed by atoms with van der Waals surface area (Å²) in [5.41, 5.74) is 6.60. The first-order valence-corrected chi connectivity index (χ1v) is 5.63. The van der Waals surface area contributed by atoms with Crippen LogP contribution in [-0.4, -0.2) is 42.1 Å². The van der Waals surface area contributed by atoms with Crippen molar-refractivity contribution in [1.29, 1.82) is 0 Å². The number of aromatic nitrogens is 1. The molecule has 1 aromatic rings. The summed E-state index contributed by atoms with van der Waals surface area (Å²) >= 11 is 1.51. The number of nitrogens with zero attached hydrogens (tertiary/aromatic N) is 2. The van der Waals surface area contributed by atoms with Crippen LogP contribution >= 0.6 is 11.5 Å². The fraction of sp³-hybridized carbons (Fsp3) is 0.667. The number of hydrogen-bond acceptors (Lipinski definition) is 5. The van der Waals surface area contributed by atoms with Gasteiger partial charge in [-0.15, -0.1) is 0 Å². The van der Waals surface area contributed by atoms with E-state index in [9.17, 15) is 0 Å². The highest BCUT2D eigenvalue weighted by Crippen LogP contribution is 2.16. The topological polar surface area (TPSA) is 51.4 Å². The fourth-order valence-electron chi connectivity index (χ4n) is 1.55. The van der Waals surface area contributed by atoms with Crippen LogP contribution in [0.3, 0.4) is 0 Å². The maximum atomic E-state index is 5.76. The van der Waals surface area contributed by atoms with Gasteiger partial charge in [-0.05, 0) is 18.0 Å². The number of nitrogens with two attached hydrogens (primary N) is 1. The first kappa shape index (κ1) is 9.89. The van der Waals surface area contributed by atoms with E-state index in [2.05, 4.69) is 9.27 Å². The smallest absolute Gasteiger partial charge is 0.0660 e. The van der Waals surface area contributed by atoms with Crippen LogP contribution in [0.2, 0.25) is 0 Å². The molecule has 0 saturated carbocycles. The summed E-state index contributed by atoms with van der Waals surface area (Å²) in [6, 6.07) is 0. The van der Waals surface area contributed by atoms with Gasteiger partial charge in [0.1, 0.15) is 0 Å². The van der Waals surface area contributed by atoms with Crippen LogP contribution in [-0.2, 0) is 11.2 Å². The number of nitrogen functional groups attached to an aromatic ring is 1. The van der Waals surface area contributed by atoms with Gasteiger partial charge < -0.3 is 10.5 Å². The number of morpholine rings is 1. The molecule has 4 nitrogen and oxygen atoms in total. The summed E-state index contributed by atoms with van der Waals surface area (Å²) in [6.45, 7) is 4.86. The Morgan fingerprint density at radius 1 is 1.50 bits per heavy atom. The molecule has 0 aromatic carbocycles. The van der Waals surface area contributed by atoms with E-state index in [-0.39, 0.29) is 0 Å². The first-order chi connectivity index (χ1) is 6.86. The van der Waals surface area contributed by atoms with Gasteiger partial charge in [0.25, 0.3) is 0 Å². The fourth-order valence-corrected chi connectivity index (χ4v) is 2.18. The van der Waals surface area contributed by atoms with Gasteiger partial charge in [0, 0.05) is 24.5 Å². The summed E-state index contributed by atoms with van der Waals surface area (Å²) in [5, 5.41) is 0. The first-order valence-electron chi connectivity index (χ1n) is 4.85. The Bertz CT molecular complexity index is 283. The van der Waals surface area contributed by atoms with Crippen LogP contribution in [0, 0.1) is 0 Å². The van der Waals surface area contributed by atoms with Gasteiger partial charge in [-0.1, -0.05) is 0 Å². The van der Waals surface area contributed by atoms with Crippen molar-refractivity contribution >= 4 is 17.2 Å². The largest absolute Gasteiger partial charge is 0.397 e. The highest BCUT2D eigenvalue weighted by molar-refractivity contribution is 7.06. The molecule has 0 aliphatic carbocycles. The molecule has 78 valence electrons. The summed E-state index contributed by atoms with van der Waals surface area (Å²) in [5.74, 6) is 0. The minimum Gasteiger partial charge on any atom is -0.397 e. The highest BCUT2D eigenvalue weighted by Gasteiger charge is 2.11. The molecule has 2 heterocycles. The molecule has 0 bridgehead atoms. The number of hydrogen-bond donors (Lipinski definition) is 1. The predicted octanol–water partition coefficient (Wildman–Crippen LogP) is 0.600. The van der Waals surface area contributed by atoms with Gasteiger partial charge in [-0.3, -0.25) is 4.90 Å². The van der Waals surface area contributed by atoms with Crippen LogP contribution in [0.15, 0.2) is 6.20 Å². The van der Waals surface area contributed by atoms with Crippen molar-refractivity contribution in [2.24, 2.45) is 0 Å². The van der Waals surface area contributed by atoms with Gasteiger partial charge in [-0.2, -0.15) is 4.37 Å². The zero-order valence-electron chi connectivity index (χ0n) is 8.11. The summed E-state index contributed by atoms with van der Waals surface area (Å²) in [7, 11) is 0. The van der Waals surface area contributed by atoms with Crippen LogP contribution in [0.5, 0.6) is 0 Å². The van der Waals surface area contributed by atoms with Crippen molar-refractivity contribution in [3.63, 3.8) is 0 Å². The molecule has 0 unspecified atom stereocenters. The maximum absolute atomic E-state index is 5.76. The summed E-state index contributed by atoms with van der Waals surface area (Å²) in [6.07, 6.45) is 2.75. The van der Waals surface area contributed by atoms with Crippen LogP contribution in [0.1, 0.15) is 4.88 Å². The van der Waals surface area contributed by atoms with Crippen molar-refractivity contribution in [2.75, 3.05) is 38.6 Å². The lowest BCUT2D eigenvalue weighted by Gasteiger charge is -2.26. The van der Waals surface area contributed by atoms with E-state index in [1.807, 2.05) is 0 Å². The van der Waals surface area contributed by atoms with E-state index in [0.717, 1.165) is 45.0 Å². The molecule has 2 N–H and O–H groups in total. The Balaban J connectivity index is 1.79. The van der Waals surface area contributed by atoms with E-state index in [1.165, 1.54) is 16.4 Å². The van der Waals surface area contributed by atoms with Gasteiger partial charge in [0.15, 0.2) is 0 Å². The van der Waals surface area contributed by atoms with Crippen molar-refractivity contribution in [2.45, 2.75) is 6.42 Å². The molecule has 5 heteroatoms. The van der Waals surface area contributed by atoms with E-state index in [4.69, 9.17) is 10.5 Å². The Morgan fingerprint density at radius 3 is 2.93 bits per heavy atom. The van der Waals surface area contributed by atoms with Crippen molar-refractivity contribution < 1.29 is 4.74 Å². The zero-order chi connectivity index (χ0) is 9.80. The second-order valence-corrected chi connectivity index (χ2v) is 4.29. The molecule has 1 aromatic heterocycles. The molecule has 0 spiro atoms. The Hall–Kier alpha value is -0.650. The predicted molar refractivity (Wildman–Crippen MR) is 57.5 cm³/mol. The molecule has 1 saturated heterocycles. The van der Waals surface area contributed by atoms with Gasteiger partial charge >= 0.3 is 0 Å². The monoisotopic (exact) mass is 213 g/mol. The number of ether oxygens (including phenoxy) is 1. The number of anilines is 1. The quantitative estimate of drug-likeness (QED) is 0.799. The van der Waals surface area contributed by atoms with E-state index in [1.54, 1.807) is 6.20 Å². The highest BCUT2D eigenvalue weighted by atomic mass is 32.1. The minimum atomic E-state index is 0.836. The minimum absolute atomic E-state index is 0.836. The molecule has 0 amide bonds. The van der Waals surface area contributed by atoms with Gasteiger partial charge in [0.2, 0.25) is 0 Å². The molecular formula is C9H15N3OS. The lowest BCUT2D eigenvalue weighted by atomic mass is 10.3. The van der Waals surface area contributed by atoms with E-state index in [0.29, 0.717) is 0 Å². The molecule has 0 atom stereocenters. The van der Waals surface area contributed by atoms with Crippen molar-refractivity contribution in [1.82, 2.24) is 9.27 Å². The third-order valence-electron chi connectivity index (χ3n) is 2.44. The normalized spacial score (nSPS) is 18.6. The number of rotatable bonds is 3. The van der Waals surface area contributed by atoms with Gasteiger partial charge in [-0.25, -0.2) is 0 Å². The maximum Gasteiger partial charge on any atom is 0.0660 e. The second kappa shape index (κ2) is 4.72. The van der Waals surface area contributed by atoms with Crippen LogP contribution in [0.4, 0.5) is 5.69 Å². The Morgan fingerprint density at radius 2 is 2.29 bits per heavy atom. The third-order valence-corrected chi connectivity index (χ3v) is 3.31. The Kier molecular flexibility index (Phi) is 3.34. The Labute approximate surface area is 87.8 Å². The summed E-state index contributed by atoms with van der Waals surface area (Å²) in [4.78, 5) is 3.61. The van der Waals surface area contributed by atoms with Gasteiger partial charge in [0.05, 0.1) is 25.1 Å². The van der Waals surface area contributed by atoms with E-state index < -0.39 is 0 Å². The SMILES string of the molecule is Nc1cnsc1CCN1CCOCC1. The molecule has 14 heavy (non-hydrogen) atoms. The standard InChI is InChI=1S/C9H15N3OS/c10-8-7-11-14-9(8)1-2-12-3-5-13-6-4-12/h7H,1-6,10H2. The average molecular weight is 213 g/mol.